The summed E-state index contributed by atoms with van der Waals surface area (Å²) in [4.78, 5) is 41.1. The van der Waals surface area contributed by atoms with Crippen molar-refractivity contribution in [2.75, 3.05) is 14.2 Å². The Morgan fingerprint density at radius 3 is 2.00 bits per heavy atom. The second-order valence-electron chi connectivity index (χ2n) is 7.45. The number of nitrogens with one attached hydrogen (secondary N) is 1. The van der Waals surface area contributed by atoms with E-state index in [9.17, 15) is 14.4 Å². The smallest absolute Gasteiger partial charge is 0.408 e. The van der Waals surface area contributed by atoms with Crippen molar-refractivity contribution in [1.82, 2.24) is 10.4 Å². The van der Waals surface area contributed by atoms with Gasteiger partial charge < -0.3 is 14.8 Å². The minimum Gasteiger partial charge on any atom is -0.458 e. The van der Waals surface area contributed by atoms with Gasteiger partial charge in [0.2, 0.25) is 0 Å². The molecule has 0 bridgehead atoms. The maximum Gasteiger partial charge on any atom is 0.408 e. The Bertz CT molecular complexity index is 502. The Balaban J connectivity index is 5.07. The molecule has 0 unspecified atom stereocenters. The molecule has 1 amide bonds. The number of carbonyl (C=O) groups is 3. The van der Waals surface area contributed by atoms with Gasteiger partial charge in [-0.1, -0.05) is 0 Å². The Morgan fingerprint density at radius 2 is 1.56 bits per heavy atom. The fraction of sp³-hybridized carbons (Fsp3) is 0.706. The van der Waals surface area contributed by atoms with Gasteiger partial charge in [-0.15, -0.1) is 0 Å². The van der Waals surface area contributed by atoms with Crippen LogP contribution in [0.25, 0.3) is 0 Å². The van der Waals surface area contributed by atoms with Crippen molar-refractivity contribution < 1.29 is 28.7 Å². The summed E-state index contributed by atoms with van der Waals surface area (Å²) in [7, 11) is 3.05. The molecule has 0 saturated heterocycles. The highest BCUT2D eigenvalue weighted by molar-refractivity contribution is 5.94. The number of hydrogen-bond acceptors (Lipinski definition) is 7. The number of rotatable bonds is 7. The maximum absolute atomic E-state index is 12.3. The average Bonchev–Trinajstić information content (AvgIpc) is 2.40. The standard InChI is InChI=1S/C17H30N2O6/c1-16(2,3)24-14(21)13(18-15(22)25-17(4,5)6)11-12(20)9-10-19(7)23-8/h9-10,13H,11H2,1-8H3,(H,18,22)/b10-9+/t13-/m0/s1. The zero-order valence-corrected chi connectivity index (χ0v) is 16.3. The molecule has 0 rings (SSSR count). The third-order valence-corrected chi connectivity index (χ3v) is 2.55. The molecule has 8 nitrogen and oxygen atoms in total. The highest BCUT2D eigenvalue weighted by Crippen LogP contribution is 2.12. The molecule has 1 N–H and O–H groups in total. The van der Waals surface area contributed by atoms with Crippen molar-refractivity contribution in [3.63, 3.8) is 0 Å². The average molecular weight is 358 g/mol. The third kappa shape index (κ3) is 12.0. The lowest BCUT2D eigenvalue weighted by molar-refractivity contribution is -0.158. The van der Waals surface area contributed by atoms with Crippen LogP contribution in [0.1, 0.15) is 48.0 Å². The summed E-state index contributed by atoms with van der Waals surface area (Å²) in [5.41, 5.74) is -1.48. The monoisotopic (exact) mass is 358 g/mol. The zero-order valence-electron chi connectivity index (χ0n) is 16.3. The summed E-state index contributed by atoms with van der Waals surface area (Å²) in [6.07, 6.45) is 1.59. The number of allylic oxidation sites excluding steroid dienone is 1. The van der Waals surface area contributed by atoms with E-state index in [1.54, 1.807) is 48.6 Å². The highest BCUT2D eigenvalue weighted by Gasteiger charge is 2.30. The van der Waals surface area contributed by atoms with Crippen LogP contribution in [0.5, 0.6) is 0 Å². The van der Waals surface area contributed by atoms with E-state index in [1.165, 1.54) is 24.4 Å². The van der Waals surface area contributed by atoms with Gasteiger partial charge in [-0.25, -0.2) is 9.59 Å². The molecule has 1 atom stereocenters. The number of ether oxygens (including phenoxy) is 2. The van der Waals surface area contributed by atoms with Crippen LogP contribution >= 0.6 is 0 Å². The van der Waals surface area contributed by atoms with Crippen molar-refractivity contribution >= 4 is 17.8 Å². The molecule has 0 radical (unpaired) electrons. The molecule has 144 valence electrons. The molecule has 0 aromatic rings. The van der Waals surface area contributed by atoms with E-state index in [-0.39, 0.29) is 12.2 Å². The molecule has 0 aliphatic rings. The van der Waals surface area contributed by atoms with Gasteiger partial charge in [0.15, 0.2) is 5.78 Å². The molecule has 0 spiro atoms. The van der Waals surface area contributed by atoms with Crippen molar-refractivity contribution in [1.29, 1.82) is 0 Å². The molecule has 0 aliphatic heterocycles. The van der Waals surface area contributed by atoms with Gasteiger partial charge >= 0.3 is 12.1 Å². The van der Waals surface area contributed by atoms with E-state index in [0.29, 0.717) is 0 Å². The largest absolute Gasteiger partial charge is 0.458 e. The van der Waals surface area contributed by atoms with Crippen molar-refractivity contribution in [2.24, 2.45) is 0 Å². The van der Waals surface area contributed by atoms with Crippen LogP contribution in [0.15, 0.2) is 12.3 Å². The lowest BCUT2D eigenvalue weighted by Gasteiger charge is -2.25. The minimum atomic E-state index is -1.15. The Hall–Kier alpha value is -2.09. The lowest BCUT2D eigenvalue weighted by Crippen LogP contribution is -2.46. The van der Waals surface area contributed by atoms with Crippen molar-refractivity contribution in [3.05, 3.63) is 12.3 Å². The van der Waals surface area contributed by atoms with Crippen LogP contribution in [0.4, 0.5) is 4.79 Å². The van der Waals surface area contributed by atoms with Gasteiger partial charge in [0, 0.05) is 19.7 Å². The summed E-state index contributed by atoms with van der Waals surface area (Å²) < 4.78 is 10.4. The zero-order chi connectivity index (χ0) is 19.8. The first-order valence-electron chi connectivity index (χ1n) is 7.94. The molecule has 0 aromatic carbocycles. The highest BCUT2D eigenvalue weighted by atomic mass is 16.7. The van der Waals surface area contributed by atoms with Crippen LogP contribution in [0.2, 0.25) is 0 Å². The lowest BCUT2D eigenvalue weighted by atomic mass is 10.1. The number of hydrogen-bond donors (Lipinski definition) is 1. The number of ketones is 1. The quantitative estimate of drug-likeness (QED) is 0.423. The molecule has 0 aliphatic carbocycles. The van der Waals surface area contributed by atoms with Crippen LogP contribution in [0, 0.1) is 0 Å². The topological polar surface area (TPSA) is 94.2 Å². The van der Waals surface area contributed by atoms with Crippen LogP contribution in [0.3, 0.4) is 0 Å². The number of alkyl carbamates (subject to hydrolysis) is 1. The number of nitrogens with zero attached hydrogens (tertiary/aromatic N) is 1. The maximum atomic E-state index is 12.3. The van der Waals surface area contributed by atoms with Crippen LogP contribution in [-0.2, 0) is 23.9 Å². The Kier molecular flexibility index (Phi) is 8.62. The van der Waals surface area contributed by atoms with E-state index in [2.05, 4.69) is 5.32 Å². The van der Waals surface area contributed by atoms with Gasteiger partial charge in [0.1, 0.15) is 17.2 Å². The summed E-state index contributed by atoms with van der Waals surface area (Å²) in [6.45, 7) is 10.2. The van der Waals surface area contributed by atoms with Gasteiger partial charge in [0.05, 0.1) is 7.11 Å². The summed E-state index contributed by atoms with van der Waals surface area (Å²) in [5.74, 6) is -1.09. The predicted molar refractivity (Wildman–Crippen MR) is 92.5 cm³/mol. The molecular formula is C17H30N2O6. The molecule has 25 heavy (non-hydrogen) atoms. The normalized spacial score (nSPS) is 13.3. The molecule has 0 heterocycles. The summed E-state index contributed by atoms with van der Waals surface area (Å²) in [6, 6.07) is -1.15. The number of hydroxylamine groups is 2. The summed E-state index contributed by atoms with van der Waals surface area (Å²) in [5, 5.41) is 3.71. The van der Waals surface area contributed by atoms with Crippen molar-refractivity contribution in [3.8, 4) is 0 Å². The first-order chi connectivity index (χ1) is 11.2. The molecule has 8 heteroatoms. The first-order valence-corrected chi connectivity index (χ1v) is 7.94. The van der Waals surface area contributed by atoms with Gasteiger partial charge in [-0.2, -0.15) is 0 Å². The van der Waals surface area contributed by atoms with Gasteiger partial charge in [0.25, 0.3) is 0 Å². The second kappa shape index (κ2) is 9.41. The van der Waals surface area contributed by atoms with E-state index in [1.807, 2.05) is 0 Å². The van der Waals surface area contributed by atoms with E-state index >= 15 is 0 Å². The fourth-order valence-electron chi connectivity index (χ4n) is 1.53. The van der Waals surface area contributed by atoms with Gasteiger partial charge in [-0.3, -0.25) is 14.7 Å². The second-order valence-corrected chi connectivity index (χ2v) is 7.45. The van der Waals surface area contributed by atoms with E-state index in [0.717, 1.165) is 0 Å². The van der Waals surface area contributed by atoms with E-state index in [4.69, 9.17) is 14.3 Å². The minimum absolute atomic E-state index is 0.262. The van der Waals surface area contributed by atoms with Crippen LogP contribution in [-0.4, -0.2) is 54.3 Å². The Morgan fingerprint density at radius 1 is 1.04 bits per heavy atom. The Labute approximate surface area is 149 Å². The number of esters is 1. The predicted octanol–water partition coefficient (Wildman–Crippen LogP) is 2.19. The molecule has 0 aromatic heterocycles. The molecule has 0 fully saturated rings. The SMILES string of the molecule is CON(C)/C=C/C(=O)C[C@H](NC(=O)OC(C)(C)C)C(=O)OC(C)(C)C. The first kappa shape index (κ1) is 22.9. The third-order valence-electron chi connectivity index (χ3n) is 2.55. The molecule has 0 saturated carbocycles. The summed E-state index contributed by atoms with van der Waals surface area (Å²) >= 11 is 0. The van der Waals surface area contributed by atoms with E-state index < -0.39 is 29.3 Å². The van der Waals surface area contributed by atoms with Crippen molar-refractivity contribution in [2.45, 2.75) is 65.2 Å². The fourth-order valence-corrected chi connectivity index (χ4v) is 1.53. The number of carbonyl (C=O) groups excluding carboxylic acids is 3. The van der Waals surface area contributed by atoms with Gasteiger partial charge in [-0.05, 0) is 47.6 Å². The molecular weight excluding hydrogens is 328 g/mol. The number of amides is 1. The van der Waals surface area contributed by atoms with Crippen LogP contribution < -0.4 is 5.32 Å².